The van der Waals surface area contributed by atoms with Crippen LogP contribution in [0.3, 0.4) is 0 Å². The number of nitrogens with zero attached hydrogens (tertiary/aromatic N) is 1. The molecule has 0 aliphatic heterocycles. The number of fused-ring (bicyclic) bond motifs is 1. The van der Waals surface area contributed by atoms with Crippen molar-refractivity contribution in [3.63, 3.8) is 0 Å². The topological polar surface area (TPSA) is 109 Å². The average Bonchev–Trinajstić information content (AvgIpc) is 3.40. The monoisotopic (exact) mass is 392 g/mol. The quantitative estimate of drug-likeness (QED) is 0.590. The molecule has 0 spiro atoms. The normalized spacial score (nSPS) is 14.3. The first-order chi connectivity index (χ1) is 14.1. The van der Waals surface area contributed by atoms with E-state index in [9.17, 15) is 9.59 Å². The summed E-state index contributed by atoms with van der Waals surface area (Å²) in [6, 6.07) is 12.7. The van der Waals surface area contributed by atoms with Crippen molar-refractivity contribution in [3.05, 3.63) is 77.1 Å². The molecule has 0 unspecified atom stereocenters. The number of nitrogens with one attached hydrogen (secondary N) is 3. The number of hydrazone groups is 1. The first-order valence-corrected chi connectivity index (χ1v) is 9.28. The molecule has 3 N–H and O–H groups in total. The number of hydrazine groups is 1. The molecule has 8 heteroatoms. The van der Waals surface area contributed by atoms with Crippen LogP contribution < -0.4 is 16.3 Å². The molecule has 29 heavy (non-hydrogen) atoms. The molecule has 148 valence electrons. The van der Waals surface area contributed by atoms with Gasteiger partial charge in [-0.2, -0.15) is 5.10 Å². The minimum Gasteiger partial charge on any atom is -0.459 e. The maximum absolute atomic E-state index is 12.5. The summed E-state index contributed by atoms with van der Waals surface area (Å²) in [6.45, 7) is 1.81. The number of anilines is 1. The third-order valence-corrected chi connectivity index (χ3v) is 4.66. The standard InChI is InChI=1S/C21H20N4O4/c1-13-18-15(23-22-14-7-3-2-4-8-14)9-5-10-16(18)29-19(13)21(27)25-24-20(26)17-11-6-12-28-17/h2-4,6-8,11-12,22H,5,9-10H2,1H3,(H,24,26)(H,25,27)/b23-15+. The van der Waals surface area contributed by atoms with Gasteiger partial charge in [-0.05, 0) is 44.0 Å². The number of hydrogen-bond donors (Lipinski definition) is 3. The van der Waals surface area contributed by atoms with Crippen LogP contribution in [0.5, 0.6) is 0 Å². The number of carbonyl (C=O) groups is 2. The summed E-state index contributed by atoms with van der Waals surface area (Å²) in [6.07, 6.45) is 3.77. The van der Waals surface area contributed by atoms with Crippen LogP contribution >= 0.6 is 0 Å². The fourth-order valence-corrected chi connectivity index (χ4v) is 3.28. The summed E-state index contributed by atoms with van der Waals surface area (Å²) >= 11 is 0. The van der Waals surface area contributed by atoms with Gasteiger partial charge in [-0.25, -0.2) is 0 Å². The molecular weight excluding hydrogens is 372 g/mol. The number of aryl methyl sites for hydroxylation is 1. The summed E-state index contributed by atoms with van der Waals surface area (Å²) in [5.41, 5.74) is 11.0. The van der Waals surface area contributed by atoms with Gasteiger partial charge in [0.05, 0.1) is 17.7 Å². The van der Waals surface area contributed by atoms with Crippen LogP contribution in [0.15, 0.2) is 62.7 Å². The molecule has 0 saturated heterocycles. The largest absolute Gasteiger partial charge is 0.459 e. The smallest absolute Gasteiger partial charge is 0.305 e. The molecule has 8 nitrogen and oxygen atoms in total. The van der Waals surface area contributed by atoms with Gasteiger partial charge < -0.3 is 8.83 Å². The Hall–Kier alpha value is -3.81. The molecular formula is C21H20N4O4. The van der Waals surface area contributed by atoms with Crippen LogP contribution in [0, 0.1) is 6.92 Å². The molecule has 1 aliphatic carbocycles. The molecule has 1 aliphatic rings. The van der Waals surface area contributed by atoms with Gasteiger partial charge in [-0.3, -0.25) is 25.9 Å². The van der Waals surface area contributed by atoms with Crippen LogP contribution in [-0.4, -0.2) is 17.5 Å². The van der Waals surface area contributed by atoms with E-state index in [1.54, 1.807) is 6.07 Å². The highest BCUT2D eigenvalue weighted by Crippen LogP contribution is 2.30. The second kappa shape index (κ2) is 8.05. The van der Waals surface area contributed by atoms with Gasteiger partial charge in [0.1, 0.15) is 5.76 Å². The maximum atomic E-state index is 12.5. The molecule has 0 saturated carbocycles. The van der Waals surface area contributed by atoms with Crippen molar-refractivity contribution < 1.29 is 18.4 Å². The van der Waals surface area contributed by atoms with E-state index >= 15 is 0 Å². The van der Waals surface area contributed by atoms with Crippen LogP contribution in [0.2, 0.25) is 0 Å². The van der Waals surface area contributed by atoms with Crippen molar-refractivity contribution in [2.45, 2.75) is 26.2 Å². The highest BCUT2D eigenvalue weighted by atomic mass is 16.4. The Morgan fingerprint density at radius 3 is 2.55 bits per heavy atom. The van der Waals surface area contributed by atoms with Gasteiger partial charge in [-0.1, -0.05) is 18.2 Å². The summed E-state index contributed by atoms with van der Waals surface area (Å²) in [5, 5.41) is 4.53. The Morgan fingerprint density at radius 2 is 1.79 bits per heavy atom. The summed E-state index contributed by atoms with van der Waals surface area (Å²) < 4.78 is 10.8. The predicted molar refractivity (Wildman–Crippen MR) is 107 cm³/mol. The summed E-state index contributed by atoms with van der Waals surface area (Å²) in [7, 11) is 0. The molecule has 4 rings (SSSR count). The minimum atomic E-state index is -0.549. The third-order valence-electron chi connectivity index (χ3n) is 4.66. The zero-order valence-electron chi connectivity index (χ0n) is 15.8. The lowest BCUT2D eigenvalue weighted by Gasteiger charge is -2.13. The molecule has 0 radical (unpaired) electrons. The molecule has 1 aromatic carbocycles. The number of amides is 2. The zero-order valence-corrected chi connectivity index (χ0v) is 15.8. The van der Waals surface area contributed by atoms with E-state index in [0.29, 0.717) is 5.56 Å². The molecule has 0 atom stereocenters. The van der Waals surface area contributed by atoms with Gasteiger partial charge in [0.25, 0.3) is 0 Å². The number of para-hydroxylation sites is 1. The Bertz CT molecular complexity index is 1050. The lowest BCUT2D eigenvalue weighted by atomic mass is 9.93. The third kappa shape index (κ3) is 3.91. The van der Waals surface area contributed by atoms with E-state index in [-0.39, 0.29) is 11.5 Å². The van der Waals surface area contributed by atoms with Crippen molar-refractivity contribution in [2.75, 3.05) is 5.43 Å². The molecule has 3 aromatic rings. The molecule has 2 amide bonds. The SMILES string of the molecule is Cc1c(C(=O)NNC(=O)c2ccco2)oc2c1/C(=N/Nc1ccccc1)CCC2. The molecule has 0 bridgehead atoms. The lowest BCUT2D eigenvalue weighted by molar-refractivity contribution is 0.0815. The van der Waals surface area contributed by atoms with E-state index in [1.165, 1.54) is 12.3 Å². The van der Waals surface area contributed by atoms with Crippen molar-refractivity contribution in [1.29, 1.82) is 0 Å². The van der Waals surface area contributed by atoms with Crippen molar-refractivity contribution >= 4 is 23.2 Å². The minimum absolute atomic E-state index is 0.0992. The van der Waals surface area contributed by atoms with E-state index in [4.69, 9.17) is 8.83 Å². The van der Waals surface area contributed by atoms with E-state index in [0.717, 1.165) is 42.0 Å². The van der Waals surface area contributed by atoms with Gasteiger partial charge >= 0.3 is 11.8 Å². The van der Waals surface area contributed by atoms with Crippen molar-refractivity contribution in [2.24, 2.45) is 5.10 Å². The van der Waals surface area contributed by atoms with Crippen LogP contribution in [0.4, 0.5) is 5.69 Å². The van der Waals surface area contributed by atoms with Crippen molar-refractivity contribution in [1.82, 2.24) is 10.9 Å². The molecule has 0 fully saturated rings. The van der Waals surface area contributed by atoms with E-state index in [1.807, 2.05) is 37.3 Å². The maximum Gasteiger partial charge on any atom is 0.305 e. The fourth-order valence-electron chi connectivity index (χ4n) is 3.28. The first-order valence-electron chi connectivity index (χ1n) is 9.28. The Labute approximate surface area is 166 Å². The highest BCUT2D eigenvalue weighted by Gasteiger charge is 2.28. The van der Waals surface area contributed by atoms with Crippen LogP contribution in [-0.2, 0) is 6.42 Å². The Kier molecular flexibility index (Phi) is 5.15. The second-order valence-corrected chi connectivity index (χ2v) is 6.63. The summed E-state index contributed by atoms with van der Waals surface area (Å²) in [5.74, 6) is -0.102. The highest BCUT2D eigenvalue weighted by molar-refractivity contribution is 6.07. The van der Waals surface area contributed by atoms with Crippen molar-refractivity contribution in [3.8, 4) is 0 Å². The van der Waals surface area contributed by atoms with Crippen LogP contribution in [0.25, 0.3) is 0 Å². The summed E-state index contributed by atoms with van der Waals surface area (Å²) in [4.78, 5) is 24.5. The number of rotatable bonds is 4. The Morgan fingerprint density at radius 1 is 1.00 bits per heavy atom. The van der Waals surface area contributed by atoms with E-state index < -0.39 is 11.8 Å². The first kappa shape index (κ1) is 18.5. The van der Waals surface area contributed by atoms with E-state index in [2.05, 4.69) is 21.4 Å². The van der Waals surface area contributed by atoms with Gasteiger partial charge in [0, 0.05) is 17.5 Å². The fraction of sp³-hybridized carbons (Fsp3) is 0.190. The number of furan rings is 2. The molecule has 2 aromatic heterocycles. The Balaban J connectivity index is 1.51. The average molecular weight is 392 g/mol. The van der Waals surface area contributed by atoms with Gasteiger partial charge in [0.15, 0.2) is 11.5 Å². The molecule has 2 heterocycles. The number of benzene rings is 1. The van der Waals surface area contributed by atoms with Gasteiger partial charge in [-0.15, -0.1) is 0 Å². The zero-order chi connectivity index (χ0) is 20.2. The lowest BCUT2D eigenvalue weighted by Crippen LogP contribution is -2.41. The second-order valence-electron chi connectivity index (χ2n) is 6.63. The predicted octanol–water partition coefficient (Wildman–Crippen LogP) is 3.41. The van der Waals surface area contributed by atoms with Gasteiger partial charge in [0.2, 0.25) is 0 Å². The van der Waals surface area contributed by atoms with Crippen LogP contribution in [0.1, 0.15) is 50.8 Å². The number of carbonyl (C=O) groups excluding carboxylic acids is 2. The number of hydrogen-bond acceptors (Lipinski definition) is 6.